The van der Waals surface area contributed by atoms with Gasteiger partial charge in [-0.2, -0.15) is 0 Å². The van der Waals surface area contributed by atoms with Crippen LogP contribution in [0, 0.1) is 15.9 Å². The van der Waals surface area contributed by atoms with E-state index in [0.29, 0.717) is 4.47 Å². The molecule has 0 spiro atoms. The first-order chi connectivity index (χ1) is 9.88. The molecule has 0 heterocycles. The number of nitro benzene ring substituents is 1. The van der Waals surface area contributed by atoms with Crippen LogP contribution in [0.3, 0.4) is 0 Å². The fourth-order valence-electron chi connectivity index (χ4n) is 1.58. The molecule has 0 unspecified atom stereocenters. The third kappa shape index (κ3) is 3.56. The lowest BCUT2D eigenvalue weighted by Gasteiger charge is -2.08. The van der Waals surface area contributed by atoms with Gasteiger partial charge >= 0.3 is 0 Å². The quantitative estimate of drug-likeness (QED) is 0.640. The minimum Gasteiger partial charge on any atom is -0.321 e. The molecular weight excluding hydrogens is 367 g/mol. The Morgan fingerprint density at radius 1 is 1.29 bits per heavy atom. The third-order valence-corrected chi connectivity index (χ3v) is 3.60. The number of rotatable bonds is 3. The molecule has 2 rings (SSSR count). The summed E-state index contributed by atoms with van der Waals surface area (Å²) in [6, 6.07) is 7.28. The van der Waals surface area contributed by atoms with Crippen molar-refractivity contribution in [3.05, 3.63) is 67.4 Å². The molecule has 0 aliphatic heterocycles. The topological polar surface area (TPSA) is 72.2 Å². The van der Waals surface area contributed by atoms with Crippen molar-refractivity contribution in [3.8, 4) is 0 Å². The van der Waals surface area contributed by atoms with Crippen molar-refractivity contribution in [2.45, 2.75) is 0 Å². The molecule has 21 heavy (non-hydrogen) atoms. The third-order valence-electron chi connectivity index (χ3n) is 2.58. The second kappa shape index (κ2) is 6.19. The van der Waals surface area contributed by atoms with E-state index in [2.05, 4.69) is 21.2 Å². The lowest BCUT2D eigenvalue weighted by molar-refractivity contribution is -0.384. The Hall–Kier alpha value is -1.99. The summed E-state index contributed by atoms with van der Waals surface area (Å²) in [6.45, 7) is 0. The van der Waals surface area contributed by atoms with E-state index in [0.717, 1.165) is 12.1 Å². The monoisotopic (exact) mass is 372 g/mol. The zero-order valence-electron chi connectivity index (χ0n) is 10.3. The van der Waals surface area contributed by atoms with Crippen LogP contribution in [0.4, 0.5) is 15.8 Å². The molecule has 0 atom stereocenters. The first kappa shape index (κ1) is 15.4. The van der Waals surface area contributed by atoms with Crippen LogP contribution in [0.1, 0.15) is 10.4 Å². The smallest absolute Gasteiger partial charge is 0.270 e. The minimum atomic E-state index is -0.671. The number of amides is 1. The van der Waals surface area contributed by atoms with Crippen molar-refractivity contribution >= 4 is 44.8 Å². The number of halogens is 3. The van der Waals surface area contributed by atoms with E-state index >= 15 is 0 Å². The van der Waals surface area contributed by atoms with Crippen LogP contribution in [-0.2, 0) is 0 Å². The maximum atomic E-state index is 13.2. The Kier molecular flexibility index (Phi) is 4.54. The molecule has 2 aromatic carbocycles. The van der Waals surface area contributed by atoms with Crippen molar-refractivity contribution in [1.82, 2.24) is 0 Å². The summed E-state index contributed by atoms with van der Waals surface area (Å²) >= 11 is 9.03. The molecule has 0 aliphatic rings. The zero-order chi connectivity index (χ0) is 15.6. The summed E-state index contributed by atoms with van der Waals surface area (Å²) in [5, 5.41) is 13.2. The van der Waals surface area contributed by atoms with Crippen LogP contribution < -0.4 is 5.32 Å². The molecule has 1 amide bonds. The molecule has 1 N–H and O–H groups in total. The van der Waals surface area contributed by atoms with Crippen LogP contribution in [0.25, 0.3) is 0 Å². The van der Waals surface area contributed by atoms with Crippen LogP contribution in [0.2, 0.25) is 5.02 Å². The molecule has 0 aliphatic carbocycles. The van der Waals surface area contributed by atoms with Crippen molar-refractivity contribution < 1.29 is 14.1 Å². The molecule has 108 valence electrons. The summed E-state index contributed by atoms with van der Waals surface area (Å²) in [6.07, 6.45) is 0. The lowest BCUT2D eigenvalue weighted by Crippen LogP contribution is -2.13. The first-order valence-electron chi connectivity index (χ1n) is 5.59. The predicted molar refractivity (Wildman–Crippen MR) is 80.2 cm³/mol. The molecule has 0 bridgehead atoms. The van der Waals surface area contributed by atoms with Gasteiger partial charge in [0.1, 0.15) is 5.82 Å². The van der Waals surface area contributed by atoms with Gasteiger partial charge in [-0.1, -0.05) is 11.6 Å². The summed E-state index contributed by atoms with van der Waals surface area (Å²) < 4.78 is 13.6. The Balaban J connectivity index is 2.34. The Labute approximate surface area is 132 Å². The Bertz CT molecular complexity index is 739. The highest BCUT2D eigenvalue weighted by Crippen LogP contribution is 2.26. The van der Waals surface area contributed by atoms with Gasteiger partial charge in [0.15, 0.2) is 0 Å². The number of carbonyl (C=O) groups excluding carboxylic acids is 1. The number of nitro groups is 1. The van der Waals surface area contributed by atoms with Crippen LogP contribution in [0.15, 0.2) is 40.9 Å². The number of nitrogens with one attached hydrogen (secondary N) is 1. The van der Waals surface area contributed by atoms with E-state index in [4.69, 9.17) is 11.6 Å². The van der Waals surface area contributed by atoms with Gasteiger partial charge in [0.25, 0.3) is 11.6 Å². The summed E-state index contributed by atoms with van der Waals surface area (Å²) in [5.41, 5.74) is -0.132. The van der Waals surface area contributed by atoms with Crippen LogP contribution >= 0.6 is 27.5 Å². The molecule has 2 aromatic rings. The molecule has 0 saturated heterocycles. The summed E-state index contributed by atoms with van der Waals surface area (Å²) in [5.74, 6) is -1.20. The van der Waals surface area contributed by atoms with E-state index in [1.807, 2.05) is 0 Å². The van der Waals surface area contributed by atoms with E-state index in [-0.39, 0.29) is 22.0 Å². The van der Waals surface area contributed by atoms with E-state index in [1.54, 1.807) is 0 Å². The highest BCUT2D eigenvalue weighted by molar-refractivity contribution is 9.10. The van der Waals surface area contributed by atoms with Gasteiger partial charge in [0.05, 0.1) is 21.2 Å². The first-order valence-corrected chi connectivity index (χ1v) is 6.76. The summed E-state index contributed by atoms with van der Waals surface area (Å²) in [4.78, 5) is 22.2. The Morgan fingerprint density at radius 3 is 2.67 bits per heavy atom. The molecule has 0 aromatic heterocycles. The average Bonchev–Trinajstić information content (AvgIpc) is 2.43. The van der Waals surface area contributed by atoms with Gasteiger partial charge < -0.3 is 5.32 Å². The number of nitrogens with zero attached hydrogens (tertiary/aromatic N) is 1. The van der Waals surface area contributed by atoms with Gasteiger partial charge in [0.2, 0.25) is 0 Å². The van der Waals surface area contributed by atoms with Crippen molar-refractivity contribution in [2.75, 3.05) is 5.32 Å². The van der Waals surface area contributed by atoms with Crippen molar-refractivity contribution in [3.63, 3.8) is 0 Å². The molecule has 8 heteroatoms. The number of hydrogen-bond acceptors (Lipinski definition) is 3. The van der Waals surface area contributed by atoms with Gasteiger partial charge in [0, 0.05) is 16.6 Å². The maximum absolute atomic E-state index is 13.2. The normalized spacial score (nSPS) is 10.2. The van der Waals surface area contributed by atoms with Gasteiger partial charge in [-0.15, -0.1) is 0 Å². The van der Waals surface area contributed by atoms with Crippen molar-refractivity contribution in [2.24, 2.45) is 0 Å². The van der Waals surface area contributed by atoms with E-state index in [9.17, 15) is 19.3 Å². The van der Waals surface area contributed by atoms with Crippen LogP contribution in [-0.4, -0.2) is 10.8 Å². The largest absolute Gasteiger partial charge is 0.321 e. The second-order valence-electron chi connectivity index (χ2n) is 4.00. The molecule has 0 radical (unpaired) electrons. The zero-order valence-corrected chi connectivity index (χ0v) is 12.6. The van der Waals surface area contributed by atoms with Crippen molar-refractivity contribution in [1.29, 1.82) is 0 Å². The number of non-ortho nitro benzene ring substituents is 1. The second-order valence-corrected chi connectivity index (χ2v) is 5.26. The fourth-order valence-corrected chi connectivity index (χ4v) is 2.13. The minimum absolute atomic E-state index is 0.0608. The van der Waals surface area contributed by atoms with Gasteiger partial charge in [-0.05, 0) is 40.2 Å². The van der Waals surface area contributed by atoms with Gasteiger partial charge in [-0.3, -0.25) is 14.9 Å². The molecule has 5 nitrogen and oxygen atoms in total. The Morgan fingerprint density at radius 2 is 2.00 bits per heavy atom. The highest BCUT2D eigenvalue weighted by atomic mass is 79.9. The predicted octanol–water partition coefficient (Wildman–Crippen LogP) is 4.40. The molecule has 0 saturated carbocycles. The average molecular weight is 374 g/mol. The fraction of sp³-hybridized carbons (Fsp3) is 0. The standard InChI is InChI=1S/C13H7BrClFN2O3/c14-10-3-1-7(16)5-12(10)17-13(19)9-6-8(18(20)21)2-4-11(9)15/h1-6H,(H,17,19). The molecular formula is C13H7BrClFN2O3. The number of benzene rings is 2. The summed E-state index contributed by atoms with van der Waals surface area (Å²) in [7, 11) is 0. The van der Waals surface area contributed by atoms with Crippen LogP contribution in [0.5, 0.6) is 0 Å². The van der Waals surface area contributed by atoms with E-state index in [1.165, 1.54) is 24.3 Å². The number of anilines is 1. The highest BCUT2D eigenvalue weighted by Gasteiger charge is 2.17. The number of carbonyl (C=O) groups is 1. The lowest BCUT2D eigenvalue weighted by atomic mass is 10.2. The SMILES string of the molecule is O=C(Nc1cc(F)ccc1Br)c1cc([N+](=O)[O-])ccc1Cl. The van der Waals surface area contributed by atoms with Gasteiger partial charge in [-0.25, -0.2) is 4.39 Å². The number of hydrogen-bond donors (Lipinski definition) is 1. The maximum Gasteiger partial charge on any atom is 0.270 e. The van der Waals surface area contributed by atoms with E-state index < -0.39 is 16.6 Å². The molecule has 0 fully saturated rings.